The maximum absolute atomic E-state index is 14.9. The van der Waals surface area contributed by atoms with Crippen LogP contribution in [0.1, 0.15) is 58.2 Å². The Labute approximate surface area is 418 Å². The predicted octanol–water partition coefficient (Wildman–Crippen LogP) is 4.56. The predicted molar refractivity (Wildman–Crippen MR) is 273 cm³/mol. The Morgan fingerprint density at radius 3 is 2.25 bits per heavy atom. The summed E-state index contributed by atoms with van der Waals surface area (Å²) in [7, 11) is 0. The zero-order chi connectivity index (χ0) is 50.4. The molecule has 0 aliphatic carbocycles. The number of H-pyrrole nitrogens is 1. The minimum absolute atomic E-state index is 0.00510. The number of benzene rings is 3. The lowest BCUT2D eigenvalue weighted by molar-refractivity contribution is -0.134. The molecule has 6 heterocycles. The normalized spacial score (nSPS) is 15.7. The first-order valence-electron chi connectivity index (χ1n) is 24.8. The van der Waals surface area contributed by atoms with Gasteiger partial charge >= 0.3 is 0 Å². The fourth-order valence-electron chi connectivity index (χ4n) is 9.43. The standard InChI is InChI=1S/C33H40FN7O4.C21H23N5O/c34-29-6-5-25(20-30-26-3-1-2-4-27(26)32(44)36-35-30)19-28(29)33(45)41-17-15-40(16-18-41)31(43)22-37-9-7-24(8-10-37)21-38-11-13-39(23-42)14-12-38;1-3-16-5-4-6-18(7-16)19-8-20(15(2)25-12-19)26-21(27)13-22-9-17-10-23-14-24-11-17/h1-6,19,23-24H,7-18,20-22H2,(H,36,44);4-8,10-12,14,22H,3,9,13H2,1-2H3,(H,26,27). The van der Waals surface area contributed by atoms with E-state index in [0.29, 0.717) is 73.6 Å². The van der Waals surface area contributed by atoms with Crippen molar-refractivity contribution in [3.05, 3.63) is 148 Å². The molecule has 376 valence electrons. The molecular formula is C54H63FN12O5. The van der Waals surface area contributed by atoms with E-state index in [0.717, 1.165) is 99.6 Å². The number of carbonyl (C=O) groups is 4. The van der Waals surface area contributed by atoms with Crippen LogP contribution in [0.25, 0.3) is 21.9 Å². The van der Waals surface area contributed by atoms with Crippen LogP contribution in [0.3, 0.4) is 0 Å². The smallest absolute Gasteiger partial charge is 0.272 e. The molecule has 3 aromatic carbocycles. The average molecular weight is 979 g/mol. The summed E-state index contributed by atoms with van der Waals surface area (Å²) in [6.07, 6.45) is 11.1. The van der Waals surface area contributed by atoms with E-state index < -0.39 is 11.7 Å². The number of piperidine rings is 1. The highest BCUT2D eigenvalue weighted by atomic mass is 19.1. The van der Waals surface area contributed by atoms with Crippen LogP contribution in [-0.4, -0.2) is 159 Å². The van der Waals surface area contributed by atoms with Crippen LogP contribution in [0.4, 0.5) is 10.1 Å². The highest BCUT2D eigenvalue weighted by Crippen LogP contribution is 2.26. The summed E-state index contributed by atoms with van der Waals surface area (Å²) in [6, 6.07) is 22.0. The number of nitrogens with zero attached hydrogens (tertiary/aromatic N) is 9. The minimum Gasteiger partial charge on any atom is -0.343 e. The fourth-order valence-corrected chi connectivity index (χ4v) is 9.43. The van der Waals surface area contributed by atoms with Crippen LogP contribution in [-0.2, 0) is 33.8 Å². The number of amides is 4. The van der Waals surface area contributed by atoms with E-state index >= 15 is 0 Å². The number of piperazine rings is 2. The Hall–Kier alpha value is -7.28. The van der Waals surface area contributed by atoms with Gasteiger partial charge in [0.25, 0.3) is 11.5 Å². The van der Waals surface area contributed by atoms with Crippen molar-refractivity contribution >= 4 is 40.6 Å². The number of nitrogens with one attached hydrogen (secondary N) is 3. The second-order valence-corrected chi connectivity index (χ2v) is 18.7. The molecule has 3 aliphatic rings. The molecule has 3 fully saturated rings. The third kappa shape index (κ3) is 13.6. The number of aromatic nitrogens is 5. The van der Waals surface area contributed by atoms with Crippen LogP contribution >= 0.6 is 0 Å². The first kappa shape index (κ1) is 51.1. The molecule has 3 aliphatic heterocycles. The van der Waals surface area contributed by atoms with Gasteiger partial charge in [0.15, 0.2) is 0 Å². The quantitative estimate of drug-likeness (QED) is 0.122. The molecule has 4 amide bonds. The zero-order valence-corrected chi connectivity index (χ0v) is 41.1. The van der Waals surface area contributed by atoms with E-state index in [4.69, 9.17) is 0 Å². The van der Waals surface area contributed by atoms with Crippen molar-refractivity contribution < 1.29 is 23.6 Å². The largest absolute Gasteiger partial charge is 0.343 e. The van der Waals surface area contributed by atoms with Gasteiger partial charge in [0.1, 0.15) is 12.1 Å². The molecule has 17 nitrogen and oxygen atoms in total. The summed E-state index contributed by atoms with van der Waals surface area (Å²) in [5.74, 6) is -0.418. The highest BCUT2D eigenvalue weighted by Gasteiger charge is 2.29. The number of aryl methyl sites for hydroxylation is 2. The van der Waals surface area contributed by atoms with Crippen molar-refractivity contribution in [2.75, 3.05) is 90.4 Å². The number of halogens is 1. The second-order valence-electron chi connectivity index (χ2n) is 18.7. The Morgan fingerprint density at radius 1 is 0.778 bits per heavy atom. The van der Waals surface area contributed by atoms with Gasteiger partial charge in [-0.3, -0.25) is 38.8 Å². The topological polar surface area (TPSA) is 193 Å². The average Bonchev–Trinajstić information content (AvgIpc) is 3.41. The molecule has 3 N–H and O–H groups in total. The summed E-state index contributed by atoms with van der Waals surface area (Å²) in [5, 5.41) is 14.0. The molecule has 3 aromatic heterocycles. The first-order valence-corrected chi connectivity index (χ1v) is 24.8. The summed E-state index contributed by atoms with van der Waals surface area (Å²) in [4.78, 5) is 84.1. The zero-order valence-electron chi connectivity index (χ0n) is 41.1. The molecule has 6 aromatic rings. The van der Waals surface area contributed by atoms with Crippen LogP contribution in [0.5, 0.6) is 0 Å². The van der Waals surface area contributed by atoms with Crippen LogP contribution < -0.4 is 16.2 Å². The Morgan fingerprint density at radius 2 is 1.51 bits per heavy atom. The van der Waals surface area contributed by atoms with Gasteiger partial charge in [0.2, 0.25) is 18.2 Å². The summed E-state index contributed by atoms with van der Waals surface area (Å²) < 4.78 is 14.9. The van der Waals surface area contributed by atoms with Gasteiger partial charge in [-0.25, -0.2) is 19.5 Å². The van der Waals surface area contributed by atoms with Crippen molar-refractivity contribution in [1.29, 1.82) is 0 Å². The molecule has 0 radical (unpaired) electrons. The van der Waals surface area contributed by atoms with Crippen molar-refractivity contribution in [3.63, 3.8) is 0 Å². The summed E-state index contributed by atoms with van der Waals surface area (Å²) in [5.41, 5.74) is 6.87. The van der Waals surface area contributed by atoms with E-state index in [1.54, 1.807) is 41.6 Å². The highest BCUT2D eigenvalue weighted by molar-refractivity contribution is 5.95. The van der Waals surface area contributed by atoms with Gasteiger partial charge in [0, 0.05) is 107 Å². The monoisotopic (exact) mass is 979 g/mol. The first-order chi connectivity index (χ1) is 35.0. The number of hydrogen-bond donors (Lipinski definition) is 3. The van der Waals surface area contributed by atoms with Crippen molar-refractivity contribution in [2.24, 2.45) is 5.92 Å². The Bertz CT molecular complexity index is 2880. The number of likely N-dealkylation sites (tertiary alicyclic amines) is 1. The number of aromatic amines is 1. The lowest BCUT2D eigenvalue weighted by atomic mass is 9.96. The second kappa shape index (κ2) is 24.7. The molecule has 0 saturated carbocycles. The van der Waals surface area contributed by atoms with E-state index in [1.807, 2.05) is 47.2 Å². The summed E-state index contributed by atoms with van der Waals surface area (Å²) >= 11 is 0. The van der Waals surface area contributed by atoms with Gasteiger partial charge in [0.05, 0.1) is 41.1 Å². The molecule has 9 rings (SSSR count). The number of rotatable bonds is 15. The Kier molecular flexibility index (Phi) is 17.5. The maximum Gasteiger partial charge on any atom is 0.272 e. The number of hydrogen-bond acceptors (Lipinski definition) is 12. The van der Waals surface area contributed by atoms with Crippen molar-refractivity contribution in [2.45, 2.75) is 46.1 Å². The van der Waals surface area contributed by atoms with Gasteiger partial charge in [-0.05, 0) is 86.1 Å². The number of anilines is 1. The molecule has 3 saturated heterocycles. The lowest BCUT2D eigenvalue weighted by Gasteiger charge is -2.39. The van der Waals surface area contributed by atoms with E-state index in [9.17, 15) is 28.4 Å². The van der Waals surface area contributed by atoms with Gasteiger partial charge in [-0.15, -0.1) is 0 Å². The van der Waals surface area contributed by atoms with Crippen LogP contribution in [0.2, 0.25) is 0 Å². The third-order valence-corrected chi connectivity index (χ3v) is 13.7. The van der Waals surface area contributed by atoms with Crippen LogP contribution in [0, 0.1) is 18.7 Å². The molecule has 0 unspecified atom stereocenters. The molecule has 0 atom stereocenters. The van der Waals surface area contributed by atoms with Gasteiger partial charge in [-0.1, -0.05) is 55.5 Å². The Balaban J connectivity index is 0.000000219. The van der Waals surface area contributed by atoms with Crippen molar-refractivity contribution in [3.8, 4) is 11.1 Å². The van der Waals surface area contributed by atoms with E-state index in [2.05, 4.69) is 70.7 Å². The minimum atomic E-state index is -0.590. The molecule has 0 spiro atoms. The molecule has 0 bridgehead atoms. The number of carbonyl (C=O) groups excluding carboxylic acids is 4. The number of pyridine rings is 1. The van der Waals surface area contributed by atoms with Gasteiger partial charge in [-0.2, -0.15) is 5.10 Å². The lowest BCUT2D eigenvalue weighted by Crippen LogP contribution is -2.53. The van der Waals surface area contributed by atoms with Crippen LogP contribution in [0.15, 0.2) is 103 Å². The fraction of sp³-hybridized carbons (Fsp3) is 0.389. The molecule has 18 heteroatoms. The third-order valence-electron chi connectivity index (χ3n) is 13.7. The molecular weight excluding hydrogens is 916 g/mol. The number of fused-ring (bicyclic) bond motifs is 1. The summed E-state index contributed by atoms with van der Waals surface area (Å²) in [6.45, 7) is 12.9. The SMILES string of the molecule is CCc1cccc(-c2cnc(C)c(NC(=O)CNCc3cncnc3)c2)c1.O=CN1CCN(CC2CCN(CC(=O)N3CCN(C(=O)c4cc(Cc5n[nH]c(=O)c6ccccc56)ccc4F)CC3)CC2)CC1. The molecule has 72 heavy (non-hydrogen) atoms. The van der Waals surface area contributed by atoms with Gasteiger partial charge < -0.3 is 25.3 Å². The van der Waals surface area contributed by atoms with E-state index in [-0.39, 0.29) is 29.5 Å². The van der Waals surface area contributed by atoms with E-state index in [1.165, 1.54) is 18.0 Å². The van der Waals surface area contributed by atoms with Crippen molar-refractivity contribution in [1.82, 2.24) is 55.0 Å². The maximum atomic E-state index is 14.9.